The summed E-state index contributed by atoms with van der Waals surface area (Å²) in [5.41, 5.74) is -0.191. The van der Waals surface area contributed by atoms with Gasteiger partial charge in [0.25, 0.3) is 0 Å². The minimum atomic E-state index is -1.27. The Bertz CT molecular complexity index is 1000. The third kappa shape index (κ3) is 5.95. The summed E-state index contributed by atoms with van der Waals surface area (Å²) in [7, 11) is 0. The average Bonchev–Trinajstić information content (AvgIpc) is 2.66. The maximum absolute atomic E-state index is 12.7. The Hall–Kier alpha value is -2.60. The third-order valence-electron chi connectivity index (χ3n) is 4.34. The van der Waals surface area contributed by atoms with Crippen LogP contribution in [0.1, 0.15) is 37.6 Å². The van der Waals surface area contributed by atoms with Gasteiger partial charge in [0.05, 0.1) is 55.1 Å². The van der Waals surface area contributed by atoms with Crippen molar-refractivity contribution in [3.05, 3.63) is 39.1 Å². The smallest absolute Gasteiger partial charge is 0.341 e. The summed E-state index contributed by atoms with van der Waals surface area (Å²) >= 11 is 6.41. The number of pyridine rings is 1. The Balaban J connectivity index is 2.16. The maximum atomic E-state index is 12.7. The number of fused-ring (bicyclic) bond motifs is 1. The minimum Gasteiger partial charge on any atom is -0.477 e. The molecule has 0 atom stereocenters. The van der Waals surface area contributed by atoms with Crippen LogP contribution in [0, 0.1) is 11.3 Å². The molecule has 0 aliphatic rings. The summed E-state index contributed by atoms with van der Waals surface area (Å²) in [5, 5.41) is 21.7. The van der Waals surface area contributed by atoms with Crippen molar-refractivity contribution in [2.75, 3.05) is 38.3 Å². The molecule has 8 nitrogen and oxygen atoms in total. The molecule has 0 saturated heterocycles. The topological polar surface area (TPSA) is 114 Å². The first-order valence-corrected chi connectivity index (χ1v) is 9.93. The number of benzene rings is 1. The molecular weight excluding hydrogens is 410 g/mol. The number of halogens is 1. The molecule has 1 aromatic heterocycles. The second-order valence-corrected chi connectivity index (χ2v) is 8.03. The zero-order chi connectivity index (χ0) is 22.3. The fraction of sp³-hybridized carbons (Fsp3) is 0.476. The molecule has 2 N–H and O–H groups in total. The quantitative estimate of drug-likeness (QED) is 0.549. The first-order valence-electron chi connectivity index (χ1n) is 9.56. The van der Waals surface area contributed by atoms with Gasteiger partial charge in [0.1, 0.15) is 5.56 Å². The fourth-order valence-corrected chi connectivity index (χ4v) is 3.11. The molecule has 0 aliphatic carbocycles. The summed E-state index contributed by atoms with van der Waals surface area (Å²) in [4.78, 5) is 24.3. The van der Waals surface area contributed by atoms with Crippen LogP contribution in [0.5, 0.6) is 0 Å². The van der Waals surface area contributed by atoms with Crippen LogP contribution in [-0.2, 0) is 15.0 Å². The highest BCUT2D eigenvalue weighted by molar-refractivity contribution is 6.34. The monoisotopic (exact) mass is 435 g/mol. The van der Waals surface area contributed by atoms with Gasteiger partial charge in [-0.1, -0.05) is 11.6 Å². The van der Waals surface area contributed by atoms with Crippen LogP contribution < -0.4 is 10.7 Å². The lowest BCUT2D eigenvalue weighted by Gasteiger charge is -2.26. The number of carboxylic acid groups (broad SMARTS) is 1. The summed E-state index contributed by atoms with van der Waals surface area (Å²) in [6.45, 7) is 7.78. The molecule has 0 radical (unpaired) electrons. The van der Waals surface area contributed by atoms with E-state index in [4.69, 9.17) is 26.3 Å². The number of hydrogen-bond acceptors (Lipinski definition) is 6. The van der Waals surface area contributed by atoms with E-state index in [1.807, 2.05) is 26.8 Å². The molecule has 30 heavy (non-hydrogen) atoms. The average molecular weight is 436 g/mol. The number of nitrogens with zero attached hydrogens (tertiary/aromatic N) is 2. The number of aromatic carboxylic acids is 1. The molecule has 0 unspecified atom stereocenters. The summed E-state index contributed by atoms with van der Waals surface area (Å²) in [6.07, 6.45) is 1.71. The van der Waals surface area contributed by atoms with E-state index in [1.54, 1.807) is 16.7 Å². The molecule has 9 heteroatoms. The van der Waals surface area contributed by atoms with Crippen LogP contribution in [-0.4, -0.2) is 48.6 Å². The zero-order valence-corrected chi connectivity index (χ0v) is 18.1. The van der Waals surface area contributed by atoms with Crippen molar-refractivity contribution in [2.24, 2.45) is 0 Å². The van der Waals surface area contributed by atoms with Crippen LogP contribution in [0.25, 0.3) is 10.9 Å². The van der Waals surface area contributed by atoms with E-state index in [1.165, 1.54) is 6.20 Å². The van der Waals surface area contributed by atoms with E-state index in [-0.39, 0.29) is 10.9 Å². The minimum absolute atomic E-state index is 0.281. The number of ether oxygens (including phenoxy) is 2. The largest absolute Gasteiger partial charge is 0.477 e. The highest BCUT2D eigenvalue weighted by Gasteiger charge is 2.22. The molecule has 0 amide bonds. The number of rotatable bonds is 10. The van der Waals surface area contributed by atoms with E-state index in [2.05, 4.69) is 5.32 Å². The lowest BCUT2D eigenvalue weighted by atomic mass is 10.0. The number of nitriles is 1. The Labute approximate surface area is 180 Å². The van der Waals surface area contributed by atoms with E-state index in [0.717, 1.165) is 0 Å². The Kier molecular flexibility index (Phi) is 8.24. The molecule has 0 spiro atoms. The van der Waals surface area contributed by atoms with Crippen molar-refractivity contribution in [2.45, 2.75) is 32.7 Å². The number of carbonyl (C=O) groups is 1. The van der Waals surface area contributed by atoms with Crippen molar-refractivity contribution >= 4 is 34.2 Å². The van der Waals surface area contributed by atoms with Crippen molar-refractivity contribution in [1.29, 1.82) is 5.26 Å². The van der Waals surface area contributed by atoms with Crippen LogP contribution in [0.2, 0.25) is 5.02 Å². The SMILES string of the molecule is CC(C)(C)n1cc(C(=O)O)c(=O)c2cc(NCCOCCOCCC#N)c(Cl)cc21. The van der Waals surface area contributed by atoms with Crippen LogP contribution >= 0.6 is 11.6 Å². The molecule has 0 fully saturated rings. The van der Waals surface area contributed by atoms with Gasteiger partial charge in [-0.15, -0.1) is 0 Å². The maximum Gasteiger partial charge on any atom is 0.341 e. The number of hydrogen-bond donors (Lipinski definition) is 2. The molecule has 2 rings (SSSR count). The number of aromatic nitrogens is 1. The van der Waals surface area contributed by atoms with Gasteiger partial charge in [-0.2, -0.15) is 5.26 Å². The number of carboxylic acids is 1. The van der Waals surface area contributed by atoms with Gasteiger partial charge in [0.15, 0.2) is 0 Å². The lowest BCUT2D eigenvalue weighted by molar-refractivity contribution is 0.0538. The second-order valence-electron chi connectivity index (χ2n) is 7.63. The Morgan fingerprint density at radius 1 is 1.23 bits per heavy atom. The van der Waals surface area contributed by atoms with E-state index in [0.29, 0.717) is 55.6 Å². The second kappa shape index (κ2) is 10.4. The third-order valence-corrected chi connectivity index (χ3v) is 4.65. The molecule has 1 heterocycles. The summed E-state index contributed by atoms with van der Waals surface area (Å²) in [5.74, 6) is -1.27. The first-order chi connectivity index (χ1) is 14.2. The van der Waals surface area contributed by atoms with Crippen molar-refractivity contribution in [1.82, 2.24) is 4.57 Å². The van der Waals surface area contributed by atoms with Gasteiger partial charge in [-0.3, -0.25) is 4.79 Å². The number of nitrogens with one attached hydrogen (secondary N) is 1. The predicted molar refractivity (Wildman–Crippen MR) is 116 cm³/mol. The predicted octanol–water partition coefficient (Wildman–Crippen LogP) is 3.47. The highest BCUT2D eigenvalue weighted by Crippen LogP contribution is 2.29. The van der Waals surface area contributed by atoms with Crippen LogP contribution in [0.15, 0.2) is 23.1 Å². The van der Waals surface area contributed by atoms with Crippen LogP contribution in [0.4, 0.5) is 5.69 Å². The van der Waals surface area contributed by atoms with Gasteiger partial charge < -0.3 is 24.5 Å². The molecule has 162 valence electrons. The molecule has 0 bridgehead atoms. The van der Waals surface area contributed by atoms with Crippen molar-refractivity contribution < 1.29 is 19.4 Å². The Morgan fingerprint density at radius 2 is 1.90 bits per heavy atom. The standard InChI is InChI=1S/C21H26ClN3O5/c1-21(2,3)25-13-15(20(27)28)19(26)14-11-17(16(22)12-18(14)25)24-6-8-30-10-9-29-7-4-5-23/h11-13,24H,4,6-10H2,1-3H3,(H,27,28). The van der Waals surface area contributed by atoms with Gasteiger partial charge in [0, 0.05) is 23.7 Å². The van der Waals surface area contributed by atoms with E-state index >= 15 is 0 Å². The van der Waals surface area contributed by atoms with Gasteiger partial charge in [0.2, 0.25) is 5.43 Å². The summed E-state index contributed by atoms with van der Waals surface area (Å²) < 4.78 is 12.4. The van der Waals surface area contributed by atoms with E-state index < -0.39 is 16.9 Å². The lowest BCUT2D eigenvalue weighted by Crippen LogP contribution is -2.27. The van der Waals surface area contributed by atoms with Gasteiger partial charge in [-0.25, -0.2) is 4.79 Å². The van der Waals surface area contributed by atoms with Crippen LogP contribution in [0.3, 0.4) is 0 Å². The van der Waals surface area contributed by atoms with E-state index in [9.17, 15) is 14.7 Å². The fourth-order valence-electron chi connectivity index (χ4n) is 2.89. The van der Waals surface area contributed by atoms with Crippen molar-refractivity contribution in [3.8, 4) is 6.07 Å². The number of anilines is 1. The molecule has 1 aromatic carbocycles. The van der Waals surface area contributed by atoms with Gasteiger partial charge >= 0.3 is 5.97 Å². The normalized spacial score (nSPS) is 11.4. The first kappa shape index (κ1) is 23.7. The van der Waals surface area contributed by atoms with Crippen molar-refractivity contribution in [3.63, 3.8) is 0 Å². The molecule has 0 saturated carbocycles. The van der Waals surface area contributed by atoms with Gasteiger partial charge in [-0.05, 0) is 32.9 Å². The zero-order valence-electron chi connectivity index (χ0n) is 17.3. The molecular formula is C21H26ClN3O5. The molecule has 2 aromatic rings. The summed E-state index contributed by atoms with van der Waals surface area (Å²) in [6, 6.07) is 5.25. The molecule has 0 aliphatic heterocycles. The highest BCUT2D eigenvalue weighted by atomic mass is 35.5. The Morgan fingerprint density at radius 3 is 2.50 bits per heavy atom.